The first kappa shape index (κ1) is 13.0. The van der Waals surface area contributed by atoms with Gasteiger partial charge >= 0.3 is 0 Å². The van der Waals surface area contributed by atoms with Gasteiger partial charge < -0.3 is 10.3 Å². The maximum Gasteiger partial charge on any atom is 0.122 e. The molecule has 0 radical (unpaired) electrons. The van der Waals surface area contributed by atoms with Crippen LogP contribution in [0.15, 0.2) is 66.9 Å². The van der Waals surface area contributed by atoms with Crippen molar-refractivity contribution in [1.29, 1.82) is 5.26 Å². The fourth-order valence-corrected chi connectivity index (χ4v) is 2.44. The molecule has 1 aromatic heterocycles. The molecule has 0 atom stereocenters. The molecule has 2 aromatic carbocycles. The van der Waals surface area contributed by atoms with Gasteiger partial charge in [0.15, 0.2) is 0 Å². The molecule has 0 spiro atoms. The summed E-state index contributed by atoms with van der Waals surface area (Å²) in [6.07, 6.45) is 1.95. The molecule has 0 aliphatic heterocycles. The molecule has 0 fully saturated rings. The number of benzene rings is 2. The van der Waals surface area contributed by atoms with Crippen LogP contribution in [0.5, 0.6) is 0 Å². The minimum absolute atomic E-state index is 0.514. The summed E-state index contributed by atoms with van der Waals surface area (Å²) >= 11 is 0. The molecule has 0 aliphatic rings. The molecule has 1 heterocycles. The Morgan fingerprint density at radius 2 is 1.57 bits per heavy atom. The van der Waals surface area contributed by atoms with Crippen LogP contribution in [-0.4, -0.2) is 4.57 Å². The topological polar surface area (TPSA) is 54.7 Å². The Balaban J connectivity index is 2.04. The predicted molar refractivity (Wildman–Crippen MR) is 84.5 cm³/mol. The minimum atomic E-state index is 0.514. The van der Waals surface area contributed by atoms with E-state index in [4.69, 9.17) is 5.73 Å². The molecule has 0 saturated heterocycles. The molecule has 0 amide bonds. The van der Waals surface area contributed by atoms with Gasteiger partial charge in [-0.1, -0.05) is 60.7 Å². The van der Waals surface area contributed by atoms with E-state index >= 15 is 0 Å². The van der Waals surface area contributed by atoms with Crippen molar-refractivity contribution in [3.63, 3.8) is 0 Å². The van der Waals surface area contributed by atoms with E-state index in [1.807, 2.05) is 71.4 Å². The third-order valence-corrected chi connectivity index (χ3v) is 3.51. The fraction of sp³-hybridized carbons (Fsp3) is 0.0556. The number of hydrogen-bond donors (Lipinski definition) is 1. The molecular formula is C18H15N3. The van der Waals surface area contributed by atoms with Gasteiger partial charge in [-0.3, -0.25) is 0 Å². The van der Waals surface area contributed by atoms with Crippen molar-refractivity contribution in [2.45, 2.75) is 6.54 Å². The molecule has 3 rings (SSSR count). The Labute approximate surface area is 123 Å². The molecule has 2 N–H and O–H groups in total. The van der Waals surface area contributed by atoms with Crippen LogP contribution in [0.1, 0.15) is 11.1 Å². The number of nitrogens with zero attached hydrogens (tertiary/aromatic N) is 2. The first-order valence-corrected chi connectivity index (χ1v) is 6.77. The zero-order chi connectivity index (χ0) is 14.7. The van der Waals surface area contributed by atoms with Crippen LogP contribution in [0.2, 0.25) is 0 Å². The number of nitriles is 1. The van der Waals surface area contributed by atoms with Crippen molar-refractivity contribution in [2.24, 2.45) is 0 Å². The second-order valence-electron chi connectivity index (χ2n) is 4.89. The van der Waals surface area contributed by atoms with Gasteiger partial charge in [0, 0.05) is 18.3 Å². The van der Waals surface area contributed by atoms with Gasteiger partial charge in [0.05, 0.1) is 0 Å². The van der Waals surface area contributed by atoms with Gasteiger partial charge in [-0.05, 0) is 11.1 Å². The Bertz CT molecular complexity index is 781. The molecule has 0 unspecified atom stereocenters. The summed E-state index contributed by atoms with van der Waals surface area (Å²) in [6.45, 7) is 0.661. The summed E-state index contributed by atoms with van der Waals surface area (Å²) < 4.78 is 1.93. The fourth-order valence-electron chi connectivity index (χ4n) is 2.44. The number of aromatic nitrogens is 1. The Morgan fingerprint density at radius 1 is 0.952 bits per heavy atom. The molecule has 21 heavy (non-hydrogen) atoms. The highest BCUT2D eigenvalue weighted by Gasteiger charge is 2.14. The van der Waals surface area contributed by atoms with Gasteiger partial charge in [0.1, 0.15) is 17.5 Å². The van der Waals surface area contributed by atoms with Gasteiger partial charge in [0.25, 0.3) is 0 Å². The quantitative estimate of drug-likeness (QED) is 0.791. The summed E-state index contributed by atoms with van der Waals surface area (Å²) in [7, 11) is 0. The Morgan fingerprint density at radius 3 is 2.19 bits per heavy atom. The van der Waals surface area contributed by atoms with Crippen LogP contribution >= 0.6 is 0 Å². The zero-order valence-electron chi connectivity index (χ0n) is 11.5. The molecule has 3 nitrogen and oxygen atoms in total. The van der Waals surface area contributed by atoms with Crippen molar-refractivity contribution >= 4 is 5.82 Å². The third-order valence-electron chi connectivity index (χ3n) is 3.51. The van der Waals surface area contributed by atoms with Crippen LogP contribution in [0.4, 0.5) is 5.82 Å². The maximum absolute atomic E-state index is 9.40. The summed E-state index contributed by atoms with van der Waals surface area (Å²) in [5.41, 5.74) is 9.72. The molecular weight excluding hydrogens is 258 g/mol. The van der Waals surface area contributed by atoms with Crippen molar-refractivity contribution in [3.05, 3.63) is 78.0 Å². The smallest absolute Gasteiger partial charge is 0.122 e. The minimum Gasteiger partial charge on any atom is -0.384 e. The Kier molecular flexibility index (Phi) is 3.44. The van der Waals surface area contributed by atoms with E-state index in [0.29, 0.717) is 17.9 Å². The van der Waals surface area contributed by atoms with E-state index in [2.05, 4.69) is 6.07 Å². The van der Waals surface area contributed by atoms with E-state index in [0.717, 1.165) is 16.7 Å². The molecule has 0 saturated carbocycles. The largest absolute Gasteiger partial charge is 0.384 e. The first-order chi connectivity index (χ1) is 10.3. The highest BCUT2D eigenvalue weighted by atomic mass is 15.0. The van der Waals surface area contributed by atoms with E-state index < -0.39 is 0 Å². The van der Waals surface area contributed by atoms with Crippen LogP contribution in [0.3, 0.4) is 0 Å². The normalized spacial score (nSPS) is 10.2. The number of hydrogen-bond acceptors (Lipinski definition) is 2. The maximum atomic E-state index is 9.40. The molecule has 102 valence electrons. The molecule has 0 bridgehead atoms. The third kappa shape index (κ3) is 2.52. The zero-order valence-corrected chi connectivity index (χ0v) is 11.5. The highest BCUT2D eigenvalue weighted by molar-refractivity contribution is 5.76. The monoisotopic (exact) mass is 273 g/mol. The summed E-state index contributed by atoms with van der Waals surface area (Å²) in [6, 6.07) is 22.2. The number of nitrogens with two attached hydrogens (primary N) is 1. The average molecular weight is 273 g/mol. The van der Waals surface area contributed by atoms with Crippen molar-refractivity contribution in [3.8, 4) is 17.2 Å². The number of anilines is 1. The van der Waals surface area contributed by atoms with Crippen molar-refractivity contribution in [1.82, 2.24) is 4.57 Å². The van der Waals surface area contributed by atoms with Gasteiger partial charge in [-0.2, -0.15) is 5.26 Å². The molecule has 3 heteroatoms. The lowest BCUT2D eigenvalue weighted by atomic mass is 10.1. The SMILES string of the molecule is N#Cc1c(-c2ccccc2)cn(Cc2ccccc2)c1N. The van der Waals surface area contributed by atoms with Crippen LogP contribution in [0.25, 0.3) is 11.1 Å². The lowest BCUT2D eigenvalue weighted by Crippen LogP contribution is -2.03. The van der Waals surface area contributed by atoms with Crippen LogP contribution < -0.4 is 5.73 Å². The first-order valence-electron chi connectivity index (χ1n) is 6.77. The van der Waals surface area contributed by atoms with Gasteiger partial charge in [0.2, 0.25) is 0 Å². The van der Waals surface area contributed by atoms with Crippen molar-refractivity contribution in [2.75, 3.05) is 5.73 Å². The summed E-state index contributed by atoms with van der Waals surface area (Å²) in [5.74, 6) is 0.514. The van der Waals surface area contributed by atoms with E-state index in [1.54, 1.807) is 0 Å². The van der Waals surface area contributed by atoms with E-state index in [1.165, 1.54) is 0 Å². The average Bonchev–Trinajstić information content (AvgIpc) is 2.85. The predicted octanol–water partition coefficient (Wildman–Crippen LogP) is 3.66. The van der Waals surface area contributed by atoms with E-state index in [-0.39, 0.29) is 0 Å². The number of nitrogen functional groups attached to an aromatic ring is 1. The van der Waals surface area contributed by atoms with Crippen molar-refractivity contribution < 1.29 is 0 Å². The van der Waals surface area contributed by atoms with E-state index in [9.17, 15) is 5.26 Å². The summed E-state index contributed by atoms with van der Waals surface area (Å²) in [4.78, 5) is 0. The molecule has 0 aliphatic carbocycles. The second-order valence-corrected chi connectivity index (χ2v) is 4.89. The Hall–Kier alpha value is -2.99. The van der Waals surface area contributed by atoms with Crippen LogP contribution in [0, 0.1) is 11.3 Å². The van der Waals surface area contributed by atoms with Gasteiger partial charge in [-0.15, -0.1) is 0 Å². The van der Waals surface area contributed by atoms with Gasteiger partial charge in [-0.25, -0.2) is 0 Å². The van der Waals surface area contributed by atoms with Crippen LogP contribution in [-0.2, 0) is 6.54 Å². The lowest BCUT2D eigenvalue weighted by Gasteiger charge is -2.05. The number of rotatable bonds is 3. The lowest BCUT2D eigenvalue weighted by molar-refractivity contribution is 0.817. The standard InChI is InChI=1S/C18H15N3/c19-11-16-17(15-9-5-2-6-10-15)13-21(18(16)20)12-14-7-3-1-4-8-14/h1-10,13H,12,20H2. The highest BCUT2D eigenvalue weighted by Crippen LogP contribution is 2.29. The summed E-state index contributed by atoms with van der Waals surface area (Å²) in [5, 5.41) is 9.40. The molecule has 3 aromatic rings. The second kappa shape index (κ2) is 5.56.